The van der Waals surface area contributed by atoms with E-state index in [0.717, 1.165) is 6.42 Å². The van der Waals surface area contributed by atoms with E-state index < -0.39 is 0 Å². The van der Waals surface area contributed by atoms with Crippen molar-refractivity contribution in [3.05, 3.63) is 24.3 Å². The molecule has 0 saturated heterocycles. The van der Waals surface area contributed by atoms with Crippen LogP contribution in [0.4, 0.5) is 0 Å². The first kappa shape index (κ1) is 7.47. The Labute approximate surface area is 71.0 Å². The molecule has 0 aromatic carbocycles. The van der Waals surface area contributed by atoms with Gasteiger partial charge in [0.2, 0.25) is 0 Å². The maximum Gasteiger partial charge on any atom is 0.178 e. The number of rotatable bonds is 0. The van der Waals surface area contributed by atoms with Gasteiger partial charge in [0.1, 0.15) is 5.78 Å². The fraction of sp³-hybridized carbons (Fsp3) is 0.400. The van der Waals surface area contributed by atoms with E-state index in [0.29, 0.717) is 18.6 Å². The Hall–Kier alpha value is -1.18. The number of hydrogen-bond acceptors (Lipinski definition) is 2. The largest absolute Gasteiger partial charge is 0.300 e. The lowest BCUT2D eigenvalue weighted by atomic mass is 9.82. The third kappa shape index (κ3) is 1.13. The van der Waals surface area contributed by atoms with Gasteiger partial charge in [-0.05, 0) is 18.6 Å². The lowest BCUT2D eigenvalue weighted by Gasteiger charge is -2.20. The van der Waals surface area contributed by atoms with E-state index in [9.17, 15) is 9.59 Å². The quantitative estimate of drug-likeness (QED) is 0.539. The highest BCUT2D eigenvalue weighted by Crippen LogP contribution is 2.39. The first-order chi connectivity index (χ1) is 5.70. The Bertz CT molecular complexity index is 281. The van der Waals surface area contributed by atoms with Gasteiger partial charge in [-0.1, -0.05) is 12.2 Å². The zero-order valence-corrected chi connectivity index (χ0v) is 6.75. The van der Waals surface area contributed by atoms with Crippen molar-refractivity contribution >= 4 is 11.6 Å². The number of hydrogen-bond donors (Lipinski definition) is 0. The van der Waals surface area contributed by atoms with Crippen molar-refractivity contribution in [2.45, 2.75) is 19.3 Å². The zero-order valence-electron chi connectivity index (χ0n) is 6.75. The topological polar surface area (TPSA) is 34.1 Å². The van der Waals surface area contributed by atoms with Crippen molar-refractivity contribution in [2.75, 3.05) is 0 Å². The van der Waals surface area contributed by atoms with Crippen molar-refractivity contribution in [1.29, 1.82) is 0 Å². The molecule has 0 amide bonds. The summed E-state index contributed by atoms with van der Waals surface area (Å²) in [7, 11) is 0. The van der Waals surface area contributed by atoms with Crippen LogP contribution in [0.5, 0.6) is 0 Å². The molecule has 0 radical (unpaired) electrons. The highest BCUT2D eigenvalue weighted by molar-refractivity contribution is 6.00. The molecule has 0 heterocycles. The summed E-state index contributed by atoms with van der Waals surface area (Å²) in [4.78, 5) is 21.9. The normalized spacial score (nSPS) is 25.7. The average molecular weight is 162 g/mol. The molecule has 2 rings (SSSR count). The van der Waals surface area contributed by atoms with Gasteiger partial charge in [-0.3, -0.25) is 9.59 Å². The van der Waals surface area contributed by atoms with E-state index in [-0.39, 0.29) is 11.2 Å². The van der Waals surface area contributed by atoms with E-state index in [4.69, 9.17) is 0 Å². The van der Waals surface area contributed by atoms with Crippen molar-refractivity contribution in [1.82, 2.24) is 0 Å². The molecule has 62 valence electrons. The van der Waals surface area contributed by atoms with E-state index >= 15 is 0 Å². The van der Waals surface area contributed by atoms with Gasteiger partial charge in [-0.15, -0.1) is 0 Å². The standard InChI is InChI=1S/C10H10O2/c11-8-1-4-10(5-2-8)6-3-9(12)7-10/h1-2,4-5H,3,6-7H2. The minimum Gasteiger partial charge on any atom is -0.300 e. The molecular formula is C10H10O2. The second kappa shape index (κ2) is 2.41. The van der Waals surface area contributed by atoms with Gasteiger partial charge in [0.15, 0.2) is 5.78 Å². The maximum atomic E-state index is 11.0. The van der Waals surface area contributed by atoms with Gasteiger partial charge < -0.3 is 0 Å². The smallest absolute Gasteiger partial charge is 0.178 e. The molecule has 0 atom stereocenters. The lowest BCUT2D eigenvalue weighted by Crippen LogP contribution is -2.14. The molecule has 0 N–H and O–H groups in total. The summed E-state index contributed by atoms with van der Waals surface area (Å²) in [6, 6.07) is 0. The average Bonchev–Trinajstić information content (AvgIpc) is 2.40. The monoisotopic (exact) mass is 162 g/mol. The number of allylic oxidation sites excluding steroid dienone is 4. The highest BCUT2D eigenvalue weighted by atomic mass is 16.1. The summed E-state index contributed by atoms with van der Waals surface area (Å²) in [5.41, 5.74) is -0.106. The first-order valence-corrected chi connectivity index (χ1v) is 4.14. The molecule has 0 bridgehead atoms. The van der Waals surface area contributed by atoms with Gasteiger partial charge in [-0.25, -0.2) is 0 Å². The number of Topliss-reactive ketones (excluding diaryl/α,β-unsaturated/α-hetero) is 1. The predicted octanol–water partition coefficient (Wildman–Crippen LogP) is 1.42. The molecular weight excluding hydrogens is 152 g/mol. The van der Waals surface area contributed by atoms with Crippen molar-refractivity contribution < 1.29 is 9.59 Å². The summed E-state index contributed by atoms with van der Waals surface area (Å²) in [6.07, 6.45) is 8.99. The maximum absolute atomic E-state index is 11.0. The minimum atomic E-state index is -0.106. The molecule has 0 unspecified atom stereocenters. The summed E-state index contributed by atoms with van der Waals surface area (Å²) in [5, 5.41) is 0. The Morgan fingerprint density at radius 3 is 2.33 bits per heavy atom. The molecule has 2 nitrogen and oxygen atoms in total. The molecule has 1 saturated carbocycles. The molecule has 2 aliphatic rings. The van der Waals surface area contributed by atoms with Crippen LogP contribution < -0.4 is 0 Å². The third-order valence-corrected chi connectivity index (χ3v) is 2.55. The molecule has 0 aromatic heterocycles. The van der Waals surface area contributed by atoms with E-state index in [1.165, 1.54) is 0 Å². The Morgan fingerprint density at radius 2 is 1.83 bits per heavy atom. The molecule has 1 fully saturated rings. The number of ketones is 2. The van der Waals surface area contributed by atoms with Crippen LogP contribution in [0.15, 0.2) is 24.3 Å². The van der Waals surface area contributed by atoms with Crippen LogP contribution >= 0.6 is 0 Å². The Morgan fingerprint density at radius 1 is 1.17 bits per heavy atom. The summed E-state index contributed by atoms with van der Waals surface area (Å²) in [6.45, 7) is 0. The number of carbonyl (C=O) groups is 2. The first-order valence-electron chi connectivity index (χ1n) is 4.14. The van der Waals surface area contributed by atoms with Gasteiger partial charge in [-0.2, -0.15) is 0 Å². The van der Waals surface area contributed by atoms with Gasteiger partial charge in [0.25, 0.3) is 0 Å². The summed E-state index contributed by atoms with van der Waals surface area (Å²) < 4.78 is 0. The fourth-order valence-corrected chi connectivity index (χ4v) is 1.81. The van der Waals surface area contributed by atoms with Gasteiger partial charge in [0.05, 0.1) is 0 Å². The van der Waals surface area contributed by atoms with Crippen LogP contribution in [0.3, 0.4) is 0 Å². The van der Waals surface area contributed by atoms with Gasteiger partial charge >= 0.3 is 0 Å². The highest BCUT2D eigenvalue weighted by Gasteiger charge is 2.35. The van der Waals surface area contributed by atoms with E-state index in [1.807, 2.05) is 12.2 Å². The molecule has 2 aliphatic carbocycles. The van der Waals surface area contributed by atoms with Gasteiger partial charge in [0, 0.05) is 18.3 Å². The lowest BCUT2D eigenvalue weighted by molar-refractivity contribution is -0.117. The Kier molecular flexibility index (Phi) is 1.50. The van der Waals surface area contributed by atoms with Crippen molar-refractivity contribution in [2.24, 2.45) is 5.41 Å². The van der Waals surface area contributed by atoms with Crippen LogP contribution in [0.2, 0.25) is 0 Å². The van der Waals surface area contributed by atoms with Crippen LogP contribution in [0.1, 0.15) is 19.3 Å². The fourth-order valence-electron chi connectivity index (χ4n) is 1.81. The van der Waals surface area contributed by atoms with Crippen molar-refractivity contribution in [3.63, 3.8) is 0 Å². The van der Waals surface area contributed by atoms with Crippen LogP contribution in [0.25, 0.3) is 0 Å². The van der Waals surface area contributed by atoms with E-state index in [2.05, 4.69) is 0 Å². The summed E-state index contributed by atoms with van der Waals surface area (Å²) >= 11 is 0. The minimum absolute atomic E-state index is 0.0278. The van der Waals surface area contributed by atoms with Crippen LogP contribution in [0, 0.1) is 5.41 Å². The zero-order chi connectivity index (χ0) is 8.60. The van der Waals surface area contributed by atoms with Crippen LogP contribution in [-0.4, -0.2) is 11.6 Å². The molecule has 0 aliphatic heterocycles. The van der Waals surface area contributed by atoms with Crippen molar-refractivity contribution in [3.8, 4) is 0 Å². The second-order valence-corrected chi connectivity index (χ2v) is 3.52. The second-order valence-electron chi connectivity index (χ2n) is 3.52. The van der Waals surface area contributed by atoms with E-state index in [1.54, 1.807) is 12.2 Å². The molecule has 1 spiro atoms. The predicted molar refractivity (Wildman–Crippen MR) is 44.6 cm³/mol. The molecule has 12 heavy (non-hydrogen) atoms. The third-order valence-electron chi connectivity index (χ3n) is 2.55. The SMILES string of the molecule is O=C1C=CC2(C=C1)CCC(=O)C2. The van der Waals surface area contributed by atoms with Crippen LogP contribution in [-0.2, 0) is 9.59 Å². The molecule has 2 heteroatoms. The Balaban J connectivity index is 2.25. The molecule has 0 aromatic rings. The number of carbonyl (C=O) groups excluding carboxylic acids is 2. The summed E-state index contributed by atoms with van der Waals surface area (Å²) in [5.74, 6) is 0.332.